The van der Waals surface area contributed by atoms with Gasteiger partial charge in [0.05, 0.1) is 12.7 Å². The summed E-state index contributed by atoms with van der Waals surface area (Å²) in [6.45, 7) is 2.65. The Morgan fingerprint density at radius 1 is 1.50 bits per heavy atom. The van der Waals surface area contributed by atoms with Crippen LogP contribution in [-0.4, -0.2) is 17.8 Å². The highest BCUT2D eigenvalue weighted by molar-refractivity contribution is 5.35. The third kappa shape index (κ3) is 1.75. The Balaban J connectivity index is 2.13. The van der Waals surface area contributed by atoms with Gasteiger partial charge in [-0.3, -0.25) is 0 Å². The van der Waals surface area contributed by atoms with Crippen LogP contribution >= 0.6 is 0 Å². The molecule has 0 bridgehead atoms. The first kappa shape index (κ1) is 9.53. The molecule has 0 radical (unpaired) electrons. The molecule has 2 nitrogen and oxygen atoms in total. The van der Waals surface area contributed by atoms with Crippen molar-refractivity contribution in [3.63, 3.8) is 0 Å². The van der Waals surface area contributed by atoms with Gasteiger partial charge in [0, 0.05) is 5.92 Å². The summed E-state index contributed by atoms with van der Waals surface area (Å²) in [4.78, 5) is 0. The molecule has 1 N–H and O–H groups in total. The lowest BCUT2D eigenvalue weighted by Crippen LogP contribution is -2.31. The second kappa shape index (κ2) is 4.01. The molecule has 0 saturated heterocycles. The van der Waals surface area contributed by atoms with Crippen LogP contribution in [0.3, 0.4) is 0 Å². The van der Waals surface area contributed by atoms with E-state index < -0.39 is 0 Å². The average molecular weight is 192 g/mol. The van der Waals surface area contributed by atoms with Gasteiger partial charge in [-0.2, -0.15) is 0 Å². The van der Waals surface area contributed by atoms with E-state index in [1.807, 2.05) is 25.1 Å². The Morgan fingerprint density at radius 3 is 3.07 bits per heavy atom. The predicted octanol–water partition coefficient (Wildman–Crippen LogP) is 2.01. The van der Waals surface area contributed by atoms with Gasteiger partial charge in [-0.1, -0.05) is 25.1 Å². The maximum absolute atomic E-state index is 9.73. The minimum absolute atomic E-state index is 0.233. The highest BCUT2D eigenvalue weighted by atomic mass is 16.5. The summed E-state index contributed by atoms with van der Waals surface area (Å²) >= 11 is 0. The first-order valence-electron chi connectivity index (χ1n) is 5.20. The maximum atomic E-state index is 9.73. The van der Waals surface area contributed by atoms with Crippen LogP contribution in [0.25, 0.3) is 0 Å². The number of aliphatic hydroxyl groups is 1. The van der Waals surface area contributed by atoms with Crippen molar-refractivity contribution in [3.8, 4) is 5.75 Å². The van der Waals surface area contributed by atoms with Gasteiger partial charge in [-0.25, -0.2) is 0 Å². The van der Waals surface area contributed by atoms with Crippen LogP contribution in [0.15, 0.2) is 24.3 Å². The first-order valence-corrected chi connectivity index (χ1v) is 5.20. The van der Waals surface area contributed by atoms with Crippen LogP contribution in [0.5, 0.6) is 5.75 Å². The lowest BCUT2D eigenvalue weighted by Gasteiger charge is -2.28. The van der Waals surface area contributed by atoms with Gasteiger partial charge in [0.1, 0.15) is 5.75 Å². The molecule has 1 aromatic carbocycles. The van der Waals surface area contributed by atoms with Gasteiger partial charge >= 0.3 is 0 Å². The zero-order chi connectivity index (χ0) is 9.97. The largest absolute Gasteiger partial charge is 0.493 e. The fourth-order valence-corrected chi connectivity index (χ4v) is 1.93. The Bertz CT molecular complexity index is 309. The molecule has 0 aliphatic carbocycles. The summed E-state index contributed by atoms with van der Waals surface area (Å²) in [7, 11) is 0. The number of para-hydroxylation sites is 1. The minimum Gasteiger partial charge on any atom is -0.493 e. The van der Waals surface area contributed by atoms with Crippen molar-refractivity contribution >= 4 is 0 Å². The number of aliphatic hydroxyl groups excluding tert-OH is 1. The molecule has 0 fully saturated rings. The summed E-state index contributed by atoms with van der Waals surface area (Å²) in [6.07, 6.45) is 1.50. The van der Waals surface area contributed by atoms with Gasteiger partial charge in [-0.15, -0.1) is 0 Å². The lowest BCUT2D eigenvalue weighted by atomic mass is 9.91. The molecule has 0 aromatic heterocycles. The Morgan fingerprint density at radius 2 is 2.29 bits per heavy atom. The maximum Gasteiger partial charge on any atom is 0.122 e. The van der Waals surface area contributed by atoms with Crippen LogP contribution < -0.4 is 4.74 Å². The molecule has 2 heteroatoms. The standard InChI is InChI=1S/C12H16O2/c1-2-11(13)10-7-9-5-3-4-6-12(9)14-8-10/h3-6,10-11,13H,2,7-8H2,1H3/t10?,11-/m0/s1. The molecular formula is C12H16O2. The Hall–Kier alpha value is -1.02. The molecule has 76 valence electrons. The number of fused-ring (bicyclic) bond motifs is 1. The highest BCUT2D eigenvalue weighted by Gasteiger charge is 2.24. The van der Waals surface area contributed by atoms with E-state index in [-0.39, 0.29) is 12.0 Å². The normalized spacial score (nSPS) is 22.3. The van der Waals surface area contributed by atoms with Crippen molar-refractivity contribution in [2.24, 2.45) is 5.92 Å². The van der Waals surface area contributed by atoms with Crippen molar-refractivity contribution in [1.29, 1.82) is 0 Å². The third-order valence-electron chi connectivity index (χ3n) is 2.87. The highest BCUT2D eigenvalue weighted by Crippen LogP contribution is 2.28. The van der Waals surface area contributed by atoms with Gasteiger partial charge in [0.15, 0.2) is 0 Å². The molecule has 0 amide bonds. The zero-order valence-corrected chi connectivity index (χ0v) is 8.44. The van der Waals surface area contributed by atoms with Crippen molar-refractivity contribution < 1.29 is 9.84 Å². The number of hydrogen-bond acceptors (Lipinski definition) is 2. The van der Waals surface area contributed by atoms with E-state index in [1.54, 1.807) is 0 Å². The number of ether oxygens (including phenoxy) is 1. The SMILES string of the molecule is CC[C@H](O)C1COc2ccccc2C1. The number of benzene rings is 1. The molecule has 0 spiro atoms. The van der Waals surface area contributed by atoms with Crippen molar-refractivity contribution in [3.05, 3.63) is 29.8 Å². The average Bonchev–Trinajstić information content (AvgIpc) is 2.27. The van der Waals surface area contributed by atoms with E-state index in [2.05, 4.69) is 6.07 Å². The summed E-state index contributed by atoms with van der Waals surface area (Å²) < 4.78 is 5.60. The van der Waals surface area contributed by atoms with Crippen LogP contribution in [0, 0.1) is 5.92 Å². The molecule has 14 heavy (non-hydrogen) atoms. The molecule has 2 rings (SSSR count). The van der Waals surface area contributed by atoms with E-state index >= 15 is 0 Å². The van der Waals surface area contributed by atoms with Crippen molar-refractivity contribution in [2.45, 2.75) is 25.9 Å². The summed E-state index contributed by atoms with van der Waals surface area (Å²) in [5.41, 5.74) is 1.22. The van der Waals surface area contributed by atoms with Crippen LogP contribution in [0.1, 0.15) is 18.9 Å². The lowest BCUT2D eigenvalue weighted by molar-refractivity contribution is 0.0623. The molecule has 0 saturated carbocycles. The smallest absolute Gasteiger partial charge is 0.122 e. The van der Waals surface area contributed by atoms with Crippen molar-refractivity contribution in [1.82, 2.24) is 0 Å². The minimum atomic E-state index is -0.233. The van der Waals surface area contributed by atoms with Crippen molar-refractivity contribution in [2.75, 3.05) is 6.61 Å². The first-order chi connectivity index (χ1) is 6.81. The second-order valence-electron chi connectivity index (χ2n) is 3.86. The van der Waals surface area contributed by atoms with Crippen LogP contribution in [0.2, 0.25) is 0 Å². The Kier molecular flexibility index (Phi) is 2.73. The predicted molar refractivity (Wildman–Crippen MR) is 55.4 cm³/mol. The quantitative estimate of drug-likeness (QED) is 0.776. The molecule has 1 aliphatic heterocycles. The van der Waals surface area contributed by atoms with E-state index in [0.29, 0.717) is 6.61 Å². The molecular weight excluding hydrogens is 176 g/mol. The fourth-order valence-electron chi connectivity index (χ4n) is 1.93. The Labute approximate surface area is 84.5 Å². The number of hydrogen-bond donors (Lipinski definition) is 1. The van der Waals surface area contributed by atoms with Crippen LogP contribution in [-0.2, 0) is 6.42 Å². The summed E-state index contributed by atoms with van der Waals surface area (Å²) in [6, 6.07) is 8.06. The molecule has 1 unspecified atom stereocenters. The van der Waals surface area contributed by atoms with Gasteiger partial charge < -0.3 is 9.84 Å². The van der Waals surface area contributed by atoms with E-state index in [9.17, 15) is 5.11 Å². The van der Waals surface area contributed by atoms with E-state index in [4.69, 9.17) is 4.74 Å². The summed E-state index contributed by atoms with van der Waals surface area (Å²) in [5, 5.41) is 9.73. The van der Waals surface area contributed by atoms with Gasteiger partial charge in [0.2, 0.25) is 0 Å². The van der Waals surface area contributed by atoms with Gasteiger partial charge in [-0.05, 0) is 24.5 Å². The topological polar surface area (TPSA) is 29.5 Å². The third-order valence-corrected chi connectivity index (χ3v) is 2.87. The molecule has 1 heterocycles. The zero-order valence-electron chi connectivity index (χ0n) is 8.44. The van der Waals surface area contributed by atoms with E-state index in [0.717, 1.165) is 18.6 Å². The summed E-state index contributed by atoms with van der Waals surface area (Å²) in [5.74, 6) is 1.24. The molecule has 1 aliphatic rings. The fraction of sp³-hybridized carbons (Fsp3) is 0.500. The number of rotatable bonds is 2. The van der Waals surface area contributed by atoms with Gasteiger partial charge in [0.25, 0.3) is 0 Å². The monoisotopic (exact) mass is 192 g/mol. The van der Waals surface area contributed by atoms with Crippen LogP contribution in [0.4, 0.5) is 0 Å². The van der Waals surface area contributed by atoms with E-state index in [1.165, 1.54) is 5.56 Å². The molecule has 1 aromatic rings. The second-order valence-corrected chi connectivity index (χ2v) is 3.86. The molecule has 2 atom stereocenters.